The summed E-state index contributed by atoms with van der Waals surface area (Å²) in [6, 6.07) is 3.84. The standard InChI is InChI=1S/C11H12N4/c1-7-4-8(2-3-15-7)9-5-14-6-10(12)11(9)13/h2-6H,12H2,1H3,(H2,13,14). The van der Waals surface area contributed by atoms with E-state index in [0.717, 1.165) is 16.8 Å². The van der Waals surface area contributed by atoms with E-state index in [1.54, 1.807) is 18.6 Å². The summed E-state index contributed by atoms with van der Waals surface area (Å²) in [7, 11) is 0. The van der Waals surface area contributed by atoms with E-state index in [-0.39, 0.29) is 0 Å². The van der Waals surface area contributed by atoms with Gasteiger partial charge in [0.15, 0.2) is 0 Å². The maximum absolute atomic E-state index is 5.88. The Balaban J connectivity index is 2.59. The fourth-order valence-electron chi connectivity index (χ4n) is 1.43. The van der Waals surface area contributed by atoms with Crippen molar-refractivity contribution >= 4 is 11.4 Å². The third-order valence-corrected chi connectivity index (χ3v) is 2.23. The Bertz CT molecular complexity index is 494. The number of nitrogens with two attached hydrogens (primary N) is 2. The van der Waals surface area contributed by atoms with Crippen LogP contribution in [0.15, 0.2) is 30.7 Å². The highest BCUT2D eigenvalue weighted by molar-refractivity contribution is 5.83. The molecule has 0 fully saturated rings. The first-order valence-electron chi connectivity index (χ1n) is 4.60. The molecule has 2 rings (SSSR count). The van der Waals surface area contributed by atoms with E-state index >= 15 is 0 Å². The number of nitrogen functional groups attached to an aromatic ring is 2. The Labute approximate surface area is 88.0 Å². The number of aromatic nitrogens is 2. The summed E-state index contributed by atoms with van der Waals surface area (Å²) in [5.74, 6) is 0. The topological polar surface area (TPSA) is 77.8 Å². The summed E-state index contributed by atoms with van der Waals surface area (Å²) >= 11 is 0. The van der Waals surface area contributed by atoms with Crippen LogP contribution in [0.5, 0.6) is 0 Å². The van der Waals surface area contributed by atoms with Crippen molar-refractivity contribution in [1.29, 1.82) is 0 Å². The normalized spacial score (nSPS) is 10.2. The highest BCUT2D eigenvalue weighted by Gasteiger charge is 2.05. The van der Waals surface area contributed by atoms with Crippen molar-refractivity contribution in [3.05, 3.63) is 36.4 Å². The maximum atomic E-state index is 5.88. The second-order valence-electron chi connectivity index (χ2n) is 3.38. The predicted molar refractivity (Wildman–Crippen MR) is 61.0 cm³/mol. The maximum Gasteiger partial charge on any atom is 0.0740 e. The van der Waals surface area contributed by atoms with Crippen molar-refractivity contribution in [3.63, 3.8) is 0 Å². The summed E-state index contributed by atoms with van der Waals surface area (Å²) in [4.78, 5) is 8.15. The minimum absolute atomic E-state index is 0.502. The molecule has 0 radical (unpaired) electrons. The van der Waals surface area contributed by atoms with Crippen LogP contribution in [0.4, 0.5) is 11.4 Å². The Morgan fingerprint density at radius 2 is 2.00 bits per heavy atom. The van der Waals surface area contributed by atoms with Crippen molar-refractivity contribution in [2.45, 2.75) is 6.92 Å². The Morgan fingerprint density at radius 1 is 1.20 bits per heavy atom. The molecule has 0 aromatic carbocycles. The molecule has 2 aromatic rings. The summed E-state index contributed by atoms with van der Waals surface area (Å²) in [6.07, 6.45) is 5.00. The average molecular weight is 200 g/mol. The number of anilines is 2. The van der Waals surface area contributed by atoms with Crippen LogP contribution in [-0.4, -0.2) is 9.97 Å². The van der Waals surface area contributed by atoms with Crippen LogP contribution in [0.1, 0.15) is 5.69 Å². The molecule has 0 spiro atoms. The highest BCUT2D eigenvalue weighted by atomic mass is 14.8. The molecule has 0 bridgehead atoms. The van der Waals surface area contributed by atoms with Gasteiger partial charge in [0.25, 0.3) is 0 Å². The molecule has 0 unspecified atom stereocenters. The third kappa shape index (κ3) is 1.74. The van der Waals surface area contributed by atoms with Gasteiger partial charge in [-0.2, -0.15) is 0 Å². The van der Waals surface area contributed by atoms with E-state index in [9.17, 15) is 0 Å². The SMILES string of the molecule is Cc1cc(-c2cncc(N)c2N)ccn1. The van der Waals surface area contributed by atoms with Gasteiger partial charge in [0.05, 0.1) is 17.6 Å². The van der Waals surface area contributed by atoms with Gasteiger partial charge >= 0.3 is 0 Å². The van der Waals surface area contributed by atoms with E-state index < -0.39 is 0 Å². The molecule has 0 amide bonds. The monoisotopic (exact) mass is 200 g/mol. The van der Waals surface area contributed by atoms with Crippen molar-refractivity contribution < 1.29 is 0 Å². The number of hydrogen-bond acceptors (Lipinski definition) is 4. The van der Waals surface area contributed by atoms with Gasteiger partial charge in [-0.1, -0.05) is 0 Å². The molecule has 0 saturated heterocycles. The quantitative estimate of drug-likeness (QED) is 0.733. The molecule has 0 aliphatic heterocycles. The van der Waals surface area contributed by atoms with Gasteiger partial charge in [0, 0.05) is 23.7 Å². The molecule has 0 aliphatic carbocycles. The molecule has 2 aromatic heterocycles. The molecular formula is C11H12N4. The Hall–Kier alpha value is -2.10. The lowest BCUT2D eigenvalue weighted by atomic mass is 10.1. The fraction of sp³-hybridized carbons (Fsp3) is 0.0909. The molecule has 0 atom stereocenters. The van der Waals surface area contributed by atoms with E-state index in [2.05, 4.69) is 9.97 Å². The summed E-state index contributed by atoms with van der Waals surface area (Å²) in [5, 5.41) is 0. The van der Waals surface area contributed by atoms with Gasteiger partial charge in [-0.25, -0.2) is 0 Å². The van der Waals surface area contributed by atoms with Crippen LogP contribution in [0.3, 0.4) is 0 Å². The van der Waals surface area contributed by atoms with Crippen LogP contribution in [0.2, 0.25) is 0 Å². The zero-order chi connectivity index (χ0) is 10.8. The Morgan fingerprint density at radius 3 is 2.73 bits per heavy atom. The number of rotatable bonds is 1. The van der Waals surface area contributed by atoms with E-state index in [0.29, 0.717) is 11.4 Å². The molecule has 0 saturated carbocycles. The number of aryl methyl sites for hydroxylation is 1. The zero-order valence-electron chi connectivity index (χ0n) is 8.44. The molecular weight excluding hydrogens is 188 g/mol. The minimum Gasteiger partial charge on any atom is -0.396 e. The zero-order valence-corrected chi connectivity index (χ0v) is 8.44. The van der Waals surface area contributed by atoms with Crippen LogP contribution < -0.4 is 11.5 Å². The number of pyridine rings is 2. The number of nitrogens with zero attached hydrogens (tertiary/aromatic N) is 2. The van der Waals surface area contributed by atoms with Gasteiger partial charge in [-0.3, -0.25) is 9.97 Å². The summed E-state index contributed by atoms with van der Waals surface area (Å²) in [6.45, 7) is 1.93. The molecule has 76 valence electrons. The lowest BCUT2D eigenvalue weighted by Crippen LogP contribution is -1.98. The average Bonchev–Trinajstić information content (AvgIpc) is 2.22. The summed E-state index contributed by atoms with van der Waals surface area (Å²) in [5.41, 5.74) is 15.4. The molecule has 0 aliphatic rings. The Kier molecular flexibility index (Phi) is 2.25. The second-order valence-corrected chi connectivity index (χ2v) is 3.38. The van der Waals surface area contributed by atoms with Crippen LogP contribution >= 0.6 is 0 Å². The van der Waals surface area contributed by atoms with Gasteiger partial charge in [0.1, 0.15) is 0 Å². The first kappa shape index (κ1) is 9.45. The van der Waals surface area contributed by atoms with E-state index in [1.165, 1.54) is 0 Å². The highest BCUT2D eigenvalue weighted by Crippen LogP contribution is 2.28. The number of hydrogen-bond donors (Lipinski definition) is 2. The largest absolute Gasteiger partial charge is 0.396 e. The van der Waals surface area contributed by atoms with Crippen molar-refractivity contribution in [2.24, 2.45) is 0 Å². The lowest BCUT2D eigenvalue weighted by molar-refractivity contribution is 1.20. The molecule has 2 heterocycles. The molecule has 4 nitrogen and oxygen atoms in total. The van der Waals surface area contributed by atoms with E-state index in [4.69, 9.17) is 11.5 Å². The fourth-order valence-corrected chi connectivity index (χ4v) is 1.43. The molecule has 4 heteroatoms. The van der Waals surface area contributed by atoms with Crippen molar-refractivity contribution in [3.8, 4) is 11.1 Å². The first-order valence-corrected chi connectivity index (χ1v) is 4.60. The van der Waals surface area contributed by atoms with Crippen LogP contribution in [0, 0.1) is 6.92 Å². The van der Waals surface area contributed by atoms with E-state index in [1.807, 2.05) is 19.1 Å². The molecule has 4 N–H and O–H groups in total. The lowest BCUT2D eigenvalue weighted by Gasteiger charge is -2.07. The van der Waals surface area contributed by atoms with Crippen molar-refractivity contribution in [1.82, 2.24) is 9.97 Å². The van der Waals surface area contributed by atoms with Gasteiger partial charge in [0.2, 0.25) is 0 Å². The minimum atomic E-state index is 0.502. The van der Waals surface area contributed by atoms with Crippen LogP contribution in [0.25, 0.3) is 11.1 Å². The predicted octanol–water partition coefficient (Wildman–Crippen LogP) is 1.62. The molecule has 15 heavy (non-hydrogen) atoms. The first-order chi connectivity index (χ1) is 7.18. The van der Waals surface area contributed by atoms with Gasteiger partial charge < -0.3 is 11.5 Å². The summed E-state index contributed by atoms with van der Waals surface area (Å²) < 4.78 is 0. The van der Waals surface area contributed by atoms with Gasteiger partial charge in [-0.05, 0) is 24.6 Å². The second kappa shape index (κ2) is 3.57. The third-order valence-electron chi connectivity index (χ3n) is 2.23. The smallest absolute Gasteiger partial charge is 0.0740 e. The van der Waals surface area contributed by atoms with Crippen molar-refractivity contribution in [2.75, 3.05) is 11.5 Å². The van der Waals surface area contributed by atoms with Crippen LogP contribution in [-0.2, 0) is 0 Å². The van der Waals surface area contributed by atoms with Gasteiger partial charge in [-0.15, -0.1) is 0 Å².